The lowest BCUT2D eigenvalue weighted by atomic mass is 10.1. The van der Waals surface area contributed by atoms with Crippen molar-refractivity contribution in [1.29, 1.82) is 0 Å². The van der Waals surface area contributed by atoms with E-state index in [0.717, 1.165) is 34.4 Å². The number of fused-ring (bicyclic) bond motifs is 1. The van der Waals surface area contributed by atoms with Crippen LogP contribution in [0.25, 0.3) is 11.0 Å². The SMILES string of the molecule is CN(C1CCN(c2ncnc3c(Br)cn(C)c23)CC1)S(N)(=O)=O. The van der Waals surface area contributed by atoms with E-state index in [4.69, 9.17) is 5.14 Å². The zero-order valence-electron chi connectivity index (χ0n) is 13.0. The molecule has 2 aromatic heterocycles. The van der Waals surface area contributed by atoms with Crippen LogP contribution in [0.3, 0.4) is 0 Å². The molecule has 1 aliphatic heterocycles. The molecule has 1 aliphatic rings. The molecule has 8 nitrogen and oxygen atoms in total. The molecule has 0 aromatic carbocycles. The van der Waals surface area contributed by atoms with Crippen LogP contribution in [0.4, 0.5) is 5.82 Å². The van der Waals surface area contributed by atoms with Crippen LogP contribution in [0.2, 0.25) is 0 Å². The monoisotopic (exact) mass is 402 g/mol. The fraction of sp³-hybridized carbons (Fsp3) is 0.538. The highest BCUT2D eigenvalue weighted by Gasteiger charge is 2.29. The Morgan fingerprint density at radius 2 is 2.00 bits per heavy atom. The summed E-state index contributed by atoms with van der Waals surface area (Å²) >= 11 is 3.51. The zero-order chi connectivity index (χ0) is 16.8. The highest BCUT2D eigenvalue weighted by molar-refractivity contribution is 9.10. The summed E-state index contributed by atoms with van der Waals surface area (Å²) in [4.78, 5) is 10.9. The van der Waals surface area contributed by atoms with Crippen molar-refractivity contribution in [3.63, 3.8) is 0 Å². The molecule has 2 aromatic rings. The molecular weight excluding hydrogens is 384 g/mol. The van der Waals surface area contributed by atoms with Gasteiger partial charge in [-0.1, -0.05) is 0 Å². The first-order valence-electron chi connectivity index (χ1n) is 7.25. The van der Waals surface area contributed by atoms with Gasteiger partial charge in [0, 0.05) is 39.4 Å². The quantitative estimate of drug-likeness (QED) is 0.819. The molecule has 0 unspecified atom stereocenters. The van der Waals surface area contributed by atoms with Crippen molar-refractivity contribution >= 4 is 43.0 Å². The minimum Gasteiger partial charge on any atom is -0.355 e. The Morgan fingerprint density at radius 3 is 2.61 bits per heavy atom. The topological polar surface area (TPSA) is 97.3 Å². The number of hydrogen-bond acceptors (Lipinski definition) is 5. The van der Waals surface area contributed by atoms with Crippen molar-refractivity contribution in [3.8, 4) is 0 Å². The Kier molecular flexibility index (Phi) is 4.34. The molecule has 10 heteroatoms. The number of nitrogens with zero attached hydrogens (tertiary/aromatic N) is 5. The van der Waals surface area contributed by atoms with Crippen molar-refractivity contribution in [3.05, 3.63) is 17.0 Å². The van der Waals surface area contributed by atoms with Gasteiger partial charge >= 0.3 is 0 Å². The molecule has 2 N–H and O–H groups in total. The highest BCUT2D eigenvalue weighted by Crippen LogP contribution is 2.31. The van der Waals surface area contributed by atoms with Crippen LogP contribution >= 0.6 is 15.9 Å². The average Bonchev–Trinajstić information content (AvgIpc) is 2.81. The number of aryl methyl sites for hydroxylation is 1. The van der Waals surface area contributed by atoms with Gasteiger partial charge in [-0.15, -0.1) is 0 Å². The van der Waals surface area contributed by atoms with E-state index in [1.165, 1.54) is 11.4 Å². The first-order valence-corrected chi connectivity index (χ1v) is 9.55. The molecule has 0 spiro atoms. The van der Waals surface area contributed by atoms with E-state index in [9.17, 15) is 8.42 Å². The molecule has 1 saturated heterocycles. The lowest BCUT2D eigenvalue weighted by molar-refractivity contribution is 0.312. The second kappa shape index (κ2) is 6.00. The molecule has 0 atom stereocenters. The van der Waals surface area contributed by atoms with Crippen LogP contribution in [-0.4, -0.2) is 53.4 Å². The lowest BCUT2D eigenvalue weighted by Gasteiger charge is -2.36. The predicted octanol–water partition coefficient (Wildman–Crippen LogP) is 0.835. The molecule has 126 valence electrons. The summed E-state index contributed by atoms with van der Waals surface area (Å²) in [7, 11) is -0.149. The molecule has 0 radical (unpaired) electrons. The third-order valence-corrected chi connectivity index (χ3v) is 6.05. The summed E-state index contributed by atoms with van der Waals surface area (Å²) in [6.07, 6.45) is 4.95. The number of halogens is 1. The summed E-state index contributed by atoms with van der Waals surface area (Å²) in [5, 5.41) is 5.21. The molecule has 0 saturated carbocycles. The van der Waals surface area contributed by atoms with E-state index in [1.54, 1.807) is 6.33 Å². The van der Waals surface area contributed by atoms with Crippen LogP contribution in [0, 0.1) is 0 Å². The molecular formula is C13H19BrN6O2S. The van der Waals surface area contributed by atoms with E-state index < -0.39 is 10.2 Å². The van der Waals surface area contributed by atoms with Crippen molar-refractivity contribution in [2.45, 2.75) is 18.9 Å². The number of anilines is 1. The largest absolute Gasteiger partial charge is 0.355 e. The number of aromatic nitrogens is 3. The molecule has 3 rings (SSSR count). The molecule has 0 amide bonds. The van der Waals surface area contributed by atoms with Crippen molar-refractivity contribution in [1.82, 2.24) is 18.8 Å². The zero-order valence-corrected chi connectivity index (χ0v) is 15.4. The van der Waals surface area contributed by atoms with Gasteiger partial charge in [-0.2, -0.15) is 12.7 Å². The maximum atomic E-state index is 11.5. The molecule has 3 heterocycles. The van der Waals surface area contributed by atoms with Gasteiger partial charge in [0.1, 0.15) is 17.4 Å². The number of hydrogen-bond donors (Lipinski definition) is 1. The minimum absolute atomic E-state index is 0.0706. The first kappa shape index (κ1) is 16.6. The van der Waals surface area contributed by atoms with Gasteiger partial charge in [-0.3, -0.25) is 0 Å². The maximum Gasteiger partial charge on any atom is 0.276 e. The van der Waals surface area contributed by atoms with Crippen molar-refractivity contribution in [2.75, 3.05) is 25.0 Å². The Balaban J connectivity index is 1.84. The second-order valence-electron chi connectivity index (χ2n) is 5.76. The van der Waals surface area contributed by atoms with Crippen molar-refractivity contribution in [2.24, 2.45) is 12.2 Å². The molecule has 23 heavy (non-hydrogen) atoms. The number of rotatable bonds is 3. The normalized spacial score (nSPS) is 17.3. The molecule has 0 aliphatic carbocycles. The molecule has 0 bridgehead atoms. The minimum atomic E-state index is -3.64. The summed E-state index contributed by atoms with van der Waals surface area (Å²) in [5.74, 6) is 0.875. The molecule has 1 fully saturated rings. The van der Waals surface area contributed by atoms with Crippen LogP contribution in [0.5, 0.6) is 0 Å². The Labute approximate surface area is 143 Å². The van der Waals surface area contributed by atoms with Gasteiger partial charge in [-0.05, 0) is 28.8 Å². The highest BCUT2D eigenvalue weighted by atomic mass is 79.9. The Bertz CT molecular complexity index is 828. The van der Waals surface area contributed by atoms with Crippen molar-refractivity contribution < 1.29 is 8.42 Å². The second-order valence-corrected chi connectivity index (χ2v) is 8.22. The van der Waals surface area contributed by atoms with E-state index >= 15 is 0 Å². The first-order chi connectivity index (χ1) is 10.8. The smallest absolute Gasteiger partial charge is 0.276 e. The Hall–Kier alpha value is -1.23. The van der Waals surface area contributed by atoms with Crippen LogP contribution in [0.1, 0.15) is 12.8 Å². The lowest BCUT2D eigenvalue weighted by Crippen LogP contribution is -2.47. The van der Waals surface area contributed by atoms with Crippen LogP contribution in [0.15, 0.2) is 17.0 Å². The van der Waals surface area contributed by atoms with Crippen LogP contribution < -0.4 is 10.0 Å². The van der Waals surface area contributed by atoms with Gasteiger partial charge in [0.25, 0.3) is 10.2 Å². The van der Waals surface area contributed by atoms with Gasteiger partial charge < -0.3 is 9.47 Å². The average molecular weight is 403 g/mol. The van der Waals surface area contributed by atoms with Gasteiger partial charge in [0.2, 0.25) is 0 Å². The third-order valence-electron chi connectivity index (χ3n) is 4.37. The third kappa shape index (κ3) is 3.08. The van der Waals surface area contributed by atoms with Crippen LogP contribution in [-0.2, 0) is 17.3 Å². The van der Waals surface area contributed by atoms with Gasteiger partial charge in [-0.25, -0.2) is 15.1 Å². The van der Waals surface area contributed by atoms with Gasteiger partial charge in [0.05, 0.1) is 4.47 Å². The summed E-state index contributed by atoms with van der Waals surface area (Å²) < 4.78 is 27.1. The number of piperidine rings is 1. The maximum absolute atomic E-state index is 11.5. The fourth-order valence-corrected chi connectivity index (χ4v) is 4.27. The fourth-order valence-electron chi connectivity index (χ4n) is 3.05. The summed E-state index contributed by atoms with van der Waals surface area (Å²) in [6.45, 7) is 1.44. The van der Waals surface area contributed by atoms with E-state index in [1.807, 2.05) is 17.8 Å². The van der Waals surface area contributed by atoms with E-state index in [-0.39, 0.29) is 6.04 Å². The van der Waals surface area contributed by atoms with Gasteiger partial charge in [0.15, 0.2) is 5.82 Å². The standard InChI is InChI=1S/C13H19BrN6O2S/c1-18-7-10(14)11-12(18)13(17-8-16-11)20-5-3-9(4-6-20)19(2)23(15,21)22/h7-9H,3-6H2,1-2H3,(H2,15,21,22). The van der Waals surface area contributed by atoms with E-state index in [2.05, 4.69) is 30.8 Å². The Morgan fingerprint density at radius 1 is 1.35 bits per heavy atom. The number of nitrogens with two attached hydrogens (primary N) is 1. The van der Waals surface area contributed by atoms with E-state index in [0.29, 0.717) is 12.8 Å². The summed E-state index contributed by atoms with van der Waals surface area (Å²) in [6, 6.07) is -0.0706. The predicted molar refractivity (Wildman–Crippen MR) is 92.3 cm³/mol. The summed E-state index contributed by atoms with van der Waals surface area (Å²) in [5.41, 5.74) is 1.85.